The molecule has 2 rings (SSSR count). The third-order valence-corrected chi connectivity index (χ3v) is 3.28. The number of aromatic nitrogens is 3. The molecule has 20 heavy (non-hydrogen) atoms. The lowest BCUT2D eigenvalue weighted by Gasteiger charge is -2.12. The fourth-order valence-corrected chi connectivity index (χ4v) is 2.34. The number of benzene rings is 1. The van der Waals surface area contributed by atoms with Gasteiger partial charge in [0.2, 0.25) is 5.91 Å². The maximum absolute atomic E-state index is 11.9. The molecule has 106 valence electrons. The molecule has 0 aliphatic carbocycles. The molecule has 0 spiro atoms. The zero-order valence-electron chi connectivity index (χ0n) is 10.9. The summed E-state index contributed by atoms with van der Waals surface area (Å²) in [6, 6.07) is 4.96. The fraction of sp³-hybridized carbons (Fsp3) is 0.308. The van der Waals surface area contributed by atoms with Crippen LogP contribution in [0.5, 0.6) is 0 Å². The second-order valence-electron chi connectivity index (χ2n) is 4.37. The fourth-order valence-electron chi connectivity index (χ4n) is 1.77. The number of amides is 1. The van der Waals surface area contributed by atoms with Crippen LogP contribution in [0.4, 0.5) is 0 Å². The van der Waals surface area contributed by atoms with Crippen molar-refractivity contribution in [3.63, 3.8) is 0 Å². The highest BCUT2D eigenvalue weighted by Crippen LogP contribution is 2.19. The number of carbonyl (C=O) groups is 1. The molecule has 1 atom stereocenters. The average molecular weight is 313 g/mol. The van der Waals surface area contributed by atoms with Crippen LogP contribution in [0.25, 0.3) is 0 Å². The summed E-state index contributed by atoms with van der Waals surface area (Å²) in [7, 11) is 0. The molecule has 0 radical (unpaired) electrons. The number of hydrogen-bond acceptors (Lipinski definition) is 3. The molecule has 0 fully saturated rings. The topological polar surface area (TPSA) is 59.8 Å². The van der Waals surface area contributed by atoms with E-state index in [9.17, 15) is 4.79 Å². The third-order valence-electron chi connectivity index (χ3n) is 2.85. The number of nitrogens with zero attached hydrogens (tertiary/aromatic N) is 3. The van der Waals surface area contributed by atoms with Gasteiger partial charge in [0, 0.05) is 16.6 Å². The summed E-state index contributed by atoms with van der Waals surface area (Å²) in [5, 5.41) is 7.97. The minimum absolute atomic E-state index is 0.108. The Balaban J connectivity index is 1.85. The third kappa shape index (κ3) is 3.95. The van der Waals surface area contributed by atoms with Crippen molar-refractivity contribution >= 4 is 29.1 Å². The number of rotatable bonds is 5. The summed E-state index contributed by atoms with van der Waals surface area (Å²) in [5.41, 5.74) is 0.983. The van der Waals surface area contributed by atoms with Crippen LogP contribution in [0.1, 0.15) is 18.5 Å². The molecule has 1 aromatic heterocycles. The first-order valence-corrected chi connectivity index (χ1v) is 6.88. The molecule has 5 nitrogen and oxygen atoms in total. The average Bonchev–Trinajstić information content (AvgIpc) is 2.90. The summed E-state index contributed by atoms with van der Waals surface area (Å²) >= 11 is 11.8. The Labute approximate surface area is 126 Å². The van der Waals surface area contributed by atoms with Crippen molar-refractivity contribution in [2.45, 2.75) is 19.4 Å². The molecule has 0 bridgehead atoms. The van der Waals surface area contributed by atoms with Gasteiger partial charge in [-0.15, -0.1) is 0 Å². The highest BCUT2D eigenvalue weighted by molar-refractivity contribution is 6.34. The van der Waals surface area contributed by atoms with Crippen molar-refractivity contribution in [3.05, 3.63) is 46.5 Å². The molecule has 7 heteroatoms. The predicted octanol–water partition coefficient (Wildman–Crippen LogP) is 2.50. The van der Waals surface area contributed by atoms with Gasteiger partial charge in [-0.2, -0.15) is 5.10 Å². The van der Waals surface area contributed by atoms with E-state index in [0.717, 1.165) is 5.56 Å². The van der Waals surface area contributed by atoms with Crippen LogP contribution >= 0.6 is 23.2 Å². The van der Waals surface area contributed by atoms with Gasteiger partial charge in [0.05, 0.1) is 0 Å². The summed E-state index contributed by atoms with van der Waals surface area (Å²) in [5.74, 6) is -0.108. The molecule has 1 heterocycles. The van der Waals surface area contributed by atoms with E-state index in [1.165, 1.54) is 17.3 Å². The van der Waals surface area contributed by atoms with Crippen molar-refractivity contribution in [2.24, 2.45) is 0 Å². The SMILES string of the molecule is CC(C(=O)NCCc1cc(Cl)cc(Cl)c1)n1cncn1. The van der Waals surface area contributed by atoms with E-state index in [1.807, 2.05) is 12.1 Å². The van der Waals surface area contributed by atoms with Crippen LogP contribution < -0.4 is 5.32 Å². The lowest BCUT2D eigenvalue weighted by atomic mass is 10.1. The quantitative estimate of drug-likeness (QED) is 0.922. The summed E-state index contributed by atoms with van der Waals surface area (Å²) < 4.78 is 1.51. The molecule has 1 aromatic carbocycles. The van der Waals surface area contributed by atoms with Crippen molar-refractivity contribution in [2.75, 3.05) is 6.54 Å². The Morgan fingerprint density at radius 3 is 2.65 bits per heavy atom. The number of nitrogens with one attached hydrogen (secondary N) is 1. The van der Waals surface area contributed by atoms with Crippen molar-refractivity contribution in [1.29, 1.82) is 0 Å². The highest BCUT2D eigenvalue weighted by Gasteiger charge is 2.14. The maximum Gasteiger partial charge on any atom is 0.244 e. The smallest absolute Gasteiger partial charge is 0.244 e. The Kier molecular flexibility index (Phi) is 4.98. The number of halogens is 2. The first-order chi connectivity index (χ1) is 9.56. The number of carbonyl (C=O) groups excluding carboxylic acids is 1. The Morgan fingerprint density at radius 1 is 1.35 bits per heavy atom. The lowest BCUT2D eigenvalue weighted by Crippen LogP contribution is -2.32. The van der Waals surface area contributed by atoms with Gasteiger partial charge >= 0.3 is 0 Å². The minimum atomic E-state index is -0.388. The van der Waals surface area contributed by atoms with Crippen molar-refractivity contribution in [1.82, 2.24) is 20.1 Å². The van der Waals surface area contributed by atoms with Crippen LogP contribution in [-0.2, 0) is 11.2 Å². The molecule has 0 aliphatic rings. The second-order valence-corrected chi connectivity index (χ2v) is 5.24. The molecular weight excluding hydrogens is 299 g/mol. The normalized spacial score (nSPS) is 12.2. The monoisotopic (exact) mass is 312 g/mol. The molecule has 1 N–H and O–H groups in total. The van der Waals surface area contributed by atoms with Crippen LogP contribution in [-0.4, -0.2) is 27.2 Å². The van der Waals surface area contributed by atoms with Crippen LogP contribution in [0.15, 0.2) is 30.9 Å². The van der Waals surface area contributed by atoms with Crippen LogP contribution in [0.2, 0.25) is 10.0 Å². The van der Waals surface area contributed by atoms with Crippen molar-refractivity contribution < 1.29 is 4.79 Å². The van der Waals surface area contributed by atoms with Gasteiger partial charge in [-0.1, -0.05) is 23.2 Å². The molecule has 0 saturated carbocycles. The molecule has 1 amide bonds. The van der Waals surface area contributed by atoms with Gasteiger partial charge in [0.15, 0.2) is 0 Å². The van der Waals surface area contributed by atoms with Crippen LogP contribution in [0.3, 0.4) is 0 Å². The van der Waals surface area contributed by atoms with Gasteiger partial charge in [0.25, 0.3) is 0 Å². The highest BCUT2D eigenvalue weighted by atomic mass is 35.5. The Hall–Kier alpha value is -1.59. The van der Waals surface area contributed by atoms with E-state index < -0.39 is 0 Å². The molecule has 0 saturated heterocycles. The summed E-state index contributed by atoms with van der Waals surface area (Å²) in [6.45, 7) is 2.27. The van der Waals surface area contributed by atoms with E-state index in [0.29, 0.717) is 23.0 Å². The minimum Gasteiger partial charge on any atom is -0.354 e. The van der Waals surface area contributed by atoms with E-state index in [-0.39, 0.29) is 11.9 Å². The predicted molar refractivity (Wildman–Crippen MR) is 77.9 cm³/mol. The molecular formula is C13H14Cl2N4O. The lowest BCUT2D eigenvalue weighted by molar-refractivity contribution is -0.124. The van der Waals surface area contributed by atoms with Gasteiger partial charge in [-0.25, -0.2) is 9.67 Å². The molecule has 2 aromatic rings. The Morgan fingerprint density at radius 2 is 2.05 bits per heavy atom. The van der Waals surface area contributed by atoms with Gasteiger partial charge < -0.3 is 5.32 Å². The first kappa shape index (κ1) is 14.8. The van der Waals surface area contributed by atoms with E-state index >= 15 is 0 Å². The van der Waals surface area contributed by atoms with Gasteiger partial charge in [0.1, 0.15) is 18.7 Å². The maximum atomic E-state index is 11.9. The van der Waals surface area contributed by atoms with Crippen molar-refractivity contribution in [3.8, 4) is 0 Å². The number of hydrogen-bond donors (Lipinski definition) is 1. The summed E-state index contributed by atoms with van der Waals surface area (Å²) in [4.78, 5) is 15.7. The van der Waals surface area contributed by atoms with Gasteiger partial charge in [-0.05, 0) is 37.1 Å². The molecule has 1 unspecified atom stereocenters. The standard InChI is InChI=1S/C13H14Cl2N4O/c1-9(19-8-16-7-18-19)13(20)17-3-2-10-4-11(14)6-12(15)5-10/h4-9H,2-3H2,1H3,(H,17,20). The first-order valence-electron chi connectivity index (χ1n) is 6.13. The largest absolute Gasteiger partial charge is 0.354 e. The van der Waals surface area contributed by atoms with Crippen LogP contribution in [0, 0.1) is 0 Å². The molecule has 0 aliphatic heterocycles. The van der Waals surface area contributed by atoms with E-state index in [4.69, 9.17) is 23.2 Å². The van der Waals surface area contributed by atoms with Gasteiger partial charge in [-0.3, -0.25) is 4.79 Å². The Bertz CT molecular complexity index is 566. The van der Waals surface area contributed by atoms with E-state index in [1.54, 1.807) is 13.0 Å². The van der Waals surface area contributed by atoms with E-state index in [2.05, 4.69) is 15.4 Å². The second kappa shape index (κ2) is 6.72. The zero-order chi connectivity index (χ0) is 14.5. The zero-order valence-corrected chi connectivity index (χ0v) is 12.4. The summed E-state index contributed by atoms with van der Waals surface area (Å²) in [6.07, 6.45) is 3.58.